The van der Waals surface area contributed by atoms with Crippen LogP contribution in [0.1, 0.15) is 38.8 Å². The highest BCUT2D eigenvalue weighted by molar-refractivity contribution is 6.01. The van der Waals surface area contributed by atoms with Crippen molar-refractivity contribution in [1.29, 1.82) is 0 Å². The minimum Gasteiger partial charge on any atom is -0.361 e. The Kier molecular flexibility index (Phi) is 3.95. The summed E-state index contributed by atoms with van der Waals surface area (Å²) in [5.74, 6) is 0.0450. The molecule has 1 aliphatic rings. The molecule has 23 heavy (non-hydrogen) atoms. The average molecular weight is 306 g/mol. The zero-order chi connectivity index (χ0) is 16.6. The molecule has 1 atom stereocenters. The Morgan fingerprint density at radius 1 is 1.17 bits per heavy atom. The lowest BCUT2D eigenvalue weighted by atomic mass is 9.94. The van der Waals surface area contributed by atoms with Crippen molar-refractivity contribution in [1.82, 2.24) is 4.90 Å². The minimum atomic E-state index is -0.170. The van der Waals surface area contributed by atoms with Crippen LogP contribution in [0.3, 0.4) is 0 Å². The first-order valence-electron chi connectivity index (χ1n) is 7.88. The topological polar surface area (TPSA) is 32.3 Å². The summed E-state index contributed by atoms with van der Waals surface area (Å²) in [4.78, 5) is 14.8. The van der Waals surface area contributed by atoms with E-state index in [4.69, 9.17) is 0 Å². The number of hydrogen-bond acceptors (Lipinski definition) is 2. The van der Waals surface area contributed by atoms with E-state index in [9.17, 15) is 4.79 Å². The van der Waals surface area contributed by atoms with E-state index >= 15 is 0 Å². The fourth-order valence-electron chi connectivity index (χ4n) is 3.47. The second-order valence-electron chi connectivity index (χ2n) is 6.15. The SMILES string of the molecule is C=CCN1C(=O)c2ccccc2NC1c1c(C)cc(C)cc1C. The largest absolute Gasteiger partial charge is 0.361 e. The summed E-state index contributed by atoms with van der Waals surface area (Å²) >= 11 is 0. The van der Waals surface area contributed by atoms with Gasteiger partial charge in [0.1, 0.15) is 6.17 Å². The number of para-hydroxylation sites is 1. The Morgan fingerprint density at radius 2 is 1.83 bits per heavy atom. The molecule has 0 fully saturated rings. The van der Waals surface area contributed by atoms with E-state index in [-0.39, 0.29) is 12.1 Å². The molecule has 0 aromatic heterocycles. The Morgan fingerprint density at radius 3 is 2.48 bits per heavy atom. The number of benzene rings is 2. The maximum atomic E-state index is 12.9. The number of carbonyl (C=O) groups excluding carboxylic acids is 1. The van der Waals surface area contributed by atoms with Crippen molar-refractivity contribution in [3.63, 3.8) is 0 Å². The van der Waals surface area contributed by atoms with E-state index in [2.05, 4.69) is 44.8 Å². The van der Waals surface area contributed by atoms with Gasteiger partial charge in [0.2, 0.25) is 0 Å². The van der Waals surface area contributed by atoms with Gasteiger partial charge in [0.15, 0.2) is 0 Å². The van der Waals surface area contributed by atoms with Gasteiger partial charge in [-0.15, -0.1) is 6.58 Å². The molecule has 3 heteroatoms. The number of fused-ring (bicyclic) bond motifs is 1. The van der Waals surface area contributed by atoms with Crippen LogP contribution in [0, 0.1) is 20.8 Å². The molecule has 118 valence electrons. The summed E-state index contributed by atoms with van der Waals surface area (Å²) in [5.41, 5.74) is 6.40. The molecule has 2 aromatic carbocycles. The lowest BCUT2D eigenvalue weighted by Crippen LogP contribution is -2.43. The third kappa shape index (κ3) is 2.63. The highest BCUT2D eigenvalue weighted by atomic mass is 16.2. The fourth-order valence-corrected chi connectivity index (χ4v) is 3.47. The van der Waals surface area contributed by atoms with Crippen LogP contribution < -0.4 is 5.32 Å². The van der Waals surface area contributed by atoms with Crippen molar-refractivity contribution in [3.8, 4) is 0 Å². The van der Waals surface area contributed by atoms with E-state index in [1.807, 2.05) is 29.2 Å². The van der Waals surface area contributed by atoms with Crippen LogP contribution >= 0.6 is 0 Å². The fraction of sp³-hybridized carbons (Fsp3) is 0.250. The first-order valence-corrected chi connectivity index (χ1v) is 7.88. The molecule has 1 N–H and O–H groups in total. The summed E-state index contributed by atoms with van der Waals surface area (Å²) < 4.78 is 0. The predicted molar refractivity (Wildman–Crippen MR) is 94.7 cm³/mol. The monoisotopic (exact) mass is 306 g/mol. The first-order chi connectivity index (χ1) is 11.0. The van der Waals surface area contributed by atoms with Gasteiger partial charge in [-0.2, -0.15) is 0 Å². The molecule has 1 aliphatic heterocycles. The number of amides is 1. The summed E-state index contributed by atoms with van der Waals surface area (Å²) in [6.45, 7) is 10.6. The van der Waals surface area contributed by atoms with Gasteiger partial charge in [0, 0.05) is 17.8 Å². The molecule has 1 unspecified atom stereocenters. The van der Waals surface area contributed by atoms with Crippen molar-refractivity contribution in [3.05, 3.63) is 76.9 Å². The van der Waals surface area contributed by atoms with Gasteiger partial charge in [-0.05, 0) is 44.0 Å². The van der Waals surface area contributed by atoms with Crippen molar-refractivity contribution in [2.75, 3.05) is 11.9 Å². The number of anilines is 1. The van der Waals surface area contributed by atoms with Gasteiger partial charge >= 0.3 is 0 Å². The molecule has 1 amide bonds. The molecular formula is C20H22N2O. The van der Waals surface area contributed by atoms with Gasteiger partial charge in [-0.25, -0.2) is 0 Å². The molecular weight excluding hydrogens is 284 g/mol. The number of aryl methyl sites for hydroxylation is 3. The van der Waals surface area contributed by atoms with Crippen molar-refractivity contribution in [2.45, 2.75) is 26.9 Å². The quantitative estimate of drug-likeness (QED) is 0.854. The van der Waals surface area contributed by atoms with E-state index in [0.29, 0.717) is 12.1 Å². The lowest BCUT2D eigenvalue weighted by Gasteiger charge is -2.39. The molecule has 0 aliphatic carbocycles. The summed E-state index contributed by atoms with van der Waals surface area (Å²) in [5, 5.41) is 3.54. The third-order valence-electron chi connectivity index (χ3n) is 4.36. The minimum absolute atomic E-state index is 0.0450. The normalized spacial score (nSPS) is 16.7. The molecule has 3 nitrogen and oxygen atoms in total. The molecule has 0 radical (unpaired) electrons. The number of rotatable bonds is 3. The Bertz CT molecular complexity index is 756. The zero-order valence-electron chi connectivity index (χ0n) is 13.9. The molecule has 2 aromatic rings. The van der Waals surface area contributed by atoms with Crippen molar-refractivity contribution < 1.29 is 4.79 Å². The summed E-state index contributed by atoms with van der Waals surface area (Å²) in [6, 6.07) is 12.0. The predicted octanol–water partition coefficient (Wildman–Crippen LogP) is 4.36. The Balaban J connectivity index is 2.14. The van der Waals surface area contributed by atoms with Crippen LogP contribution in [0.25, 0.3) is 0 Å². The Hall–Kier alpha value is -2.55. The average Bonchev–Trinajstić information content (AvgIpc) is 2.50. The first kappa shape index (κ1) is 15.3. The number of nitrogens with zero attached hydrogens (tertiary/aromatic N) is 1. The second-order valence-corrected chi connectivity index (χ2v) is 6.15. The van der Waals surface area contributed by atoms with Crippen molar-refractivity contribution in [2.24, 2.45) is 0 Å². The van der Waals surface area contributed by atoms with Gasteiger partial charge in [0.05, 0.1) is 5.56 Å². The lowest BCUT2D eigenvalue weighted by molar-refractivity contribution is 0.0707. The standard InChI is InChI=1S/C20H22N2O/c1-5-10-22-19(18-14(3)11-13(2)12-15(18)4)21-17-9-7-6-8-16(17)20(22)23/h5-9,11-12,19,21H,1,10H2,2-4H3. The van der Waals surface area contributed by atoms with Crippen molar-refractivity contribution >= 4 is 11.6 Å². The summed E-state index contributed by atoms with van der Waals surface area (Å²) in [6.07, 6.45) is 1.61. The van der Waals surface area contributed by atoms with Gasteiger partial charge in [0.25, 0.3) is 5.91 Å². The zero-order valence-corrected chi connectivity index (χ0v) is 13.9. The van der Waals surface area contributed by atoms with Gasteiger partial charge < -0.3 is 10.2 Å². The highest BCUT2D eigenvalue weighted by Crippen LogP contribution is 2.35. The van der Waals surface area contributed by atoms with Crippen LogP contribution in [0.2, 0.25) is 0 Å². The number of carbonyl (C=O) groups is 1. The number of nitrogens with one attached hydrogen (secondary N) is 1. The van der Waals surface area contributed by atoms with Gasteiger partial charge in [-0.1, -0.05) is 35.9 Å². The van der Waals surface area contributed by atoms with E-state index in [1.54, 1.807) is 6.08 Å². The molecule has 1 heterocycles. The molecule has 0 saturated carbocycles. The number of hydrogen-bond donors (Lipinski definition) is 1. The van der Waals surface area contributed by atoms with Crippen LogP contribution in [-0.4, -0.2) is 17.4 Å². The smallest absolute Gasteiger partial charge is 0.258 e. The molecule has 0 bridgehead atoms. The second kappa shape index (κ2) is 5.92. The highest BCUT2D eigenvalue weighted by Gasteiger charge is 2.33. The summed E-state index contributed by atoms with van der Waals surface area (Å²) in [7, 11) is 0. The van der Waals surface area contributed by atoms with Crippen LogP contribution in [0.15, 0.2) is 49.1 Å². The maximum Gasteiger partial charge on any atom is 0.258 e. The van der Waals surface area contributed by atoms with E-state index in [1.165, 1.54) is 22.3 Å². The Labute approximate surface area is 137 Å². The maximum absolute atomic E-state index is 12.9. The van der Waals surface area contributed by atoms with E-state index in [0.717, 1.165) is 5.69 Å². The van der Waals surface area contributed by atoms with Gasteiger partial charge in [-0.3, -0.25) is 4.79 Å². The molecule has 3 rings (SSSR count). The van der Waals surface area contributed by atoms with Crippen LogP contribution in [0.5, 0.6) is 0 Å². The van der Waals surface area contributed by atoms with E-state index < -0.39 is 0 Å². The van der Waals surface area contributed by atoms with Crippen LogP contribution in [-0.2, 0) is 0 Å². The molecule has 0 spiro atoms. The van der Waals surface area contributed by atoms with Crippen LogP contribution in [0.4, 0.5) is 5.69 Å². The molecule has 0 saturated heterocycles. The third-order valence-corrected chi connectivity index (χ3v) is 4.36.